The Balaban J connectivity index is 1.34. The van der Waals surface area contributed by atoms with Gasteiger partial charge in [-0.25, -0.2) is 4.98 Å². The normalized spacial score (nSPS) is 10.6. The highest BCUT2D eigenvalue weighted by atomic mass is 16.5. The lowest BCUT2D eigenvalue weighted by atomic mass is 10.2. The standard InChI is InChI=1S/C25H22N2O3/c1-2-18-8-14-22(15-9-18)29-17-24(28)26-21-12-10-20(11-13-21)25-27-23(16-30-25)19-6-4-3-5-7-19/h3-16H,2,17H2,1H3,(H,26,28). The first-order chi connectivity index (χ1) is 14.7. The van der Waals surface area contributed by atoms with Crippen molar-refractivity contribution < 1.29 is 13.9 Å². The molecule has 1 heterocycles. The van der Waals surface area contributed by atoms with Crippen LogP contribution in [0, 0.1) is 0 Å². The topological polar surface area (TPSA) is 64.4 Å². The molecule has 0 saturated carbocycles. The van der Waals surface area contributed by atoms with Gasteiger partial charge in [0.25, 0.3) is 5.91 Å². The van der Waals surface area contributed by atoms with Crippen LogP contribution in [0.15, 0.2) is 89.5 Å². The highest BCUT2D eigenvalue weighted by Gasteiger charge is 2.09. The molecular weight excluding hydrogens is 376 g/mol. The van der Waals surface area contributed by atoms with Crippen LogP contribution in [-0.4, -0.2) is 17.5 Å². The average molecular weight is 398 g/mol. The second-order valence-corrected chi connectivity index (χ2v) is 6.82. The van der Waals surface area contributed by atoms with Crippen molar-refractivity contribution in [3.8, 4) is 28.5 Å². The van der Waals surface area contributed by atoms with Crippen LogP contribution in [0.5, 0.6) is 5.75 Å². The van der Waals surface area contributed by atoms with Crippen LogP contribution < -0.4 is 10.1 Å². The zero-order valence-corrected chi connectivity index (χ0v) is 16.7. The van der Waals surface area contributed by atoms with Gasteiger partial charge in [-0.15, -0.1) is 0 Å². The number of ether oxygens (including phenoxy) is 1. The first kappa shape index (κ1) is 19.5. The summed E-state index contributed by atoms with van der Waals surface area (Å²) >= 11 is 0. The molecule has 0 radical (unpaired) electrons. The van der Waals surface area contributed by atoms with E-state index in [0.29, 0.717) is 17.3 Å². The molecule has 0 aliphatic heterocycles. The van der Waals surface area contributed by atoms with Crippen LogP contribution >= 0.6 is 0 Å². The van der Waals surface area contributed by atoms with E-state index in [-0.39, 0.29) is 12.5 Å². The van der Waals surface area contributed by atoms with Crippen LogP contribution in [0.25, 0.3) is 22.7 Å². The predicted molar refractivity (Wildman–Crippen MR) is 117 cm³/mol. The summed E-state index contributed by atoms with van der Waals surface area (Å²) in [7, 11) is 0. The fourth-order valence-electron chi connectivity index (χ4n) is 3.01. The molecule has 5 nitrogen and oxygen atoms in total. The maximum absolute atomic E-state index is 12.2. The molecule has 0 aliphatic rings. The molecule has 4 rings (SSSR count). The van der Waals surface area contributed by atoms with E-state index in [1.807, 2.05) is 78.9 Å². The number of hydrogen-bond acceptors (Lipinski definition) is 4. The van der Waals surface area contributed by atoms with Crippen molar-refractivity contribution in [2.45, 2.75) is 13.3 Å². The molecular formula is C25H22N2O3. The summed E-state index contributed by atoms with van der Waals surface area (Å²) in [6.07, 6.45) is 2.61. The fourth-order valence-corrected chi connectivity index (χ4v) is 3.01. The monoisotopic (exact) mass is 398 g/mol. The number of aromatic nitrogens is 1. The molecule has 1 amide bonds. The number of nitrogens with zero attached hydrogens (tertiary/aromatic N) is 1. The van der Waals surface area contributed by atoms with Crippen molar-refractivity contribution in [2.24, 2.45) is 0 Å². The Kier molecular flexibility index (Phi) is 5.90. The van der Waals surface area contributed by atoms with Gasteiger partial charge in [-0.2, -0.15) is 0 Å². The molecule has 4 aromatic rings. The van der Waals surface area contributed by atoms with Crippen LogP contribution in [0.2, 0.25) is 0 Å². The number of rotatable bonds is 7. The summed E-state index contributed by atoms with van der Waals surface area (Å²) in [5.74, 6) is 0.992. The van der Waals surface area contributed by atoms with Crippen molar-refractivity contribution in [1.82, 2.24) is 4.98 Å². The molecule has 0 unspecified atom stereocenters. The van der Waals surface area contributed by atoms with Gasteiger partial charge in [0, 0.05) is 16.8 Å². The SMILES string of the molecule is CCc1ccc(OCC(=O)Nc2ccc(-c3nc(-c4ccccc4)co3)cc2)cc1. The Bertz CT molecular complexity index is 1100. The number of carbonyl (C=O) groups is 1. The van der Waals surface area contributed by atoms with Gasteiger partial charge < -0.3 is 14.5 Å². The highest BCUT2D eigenvalue weighted by molar-refractivity contribution is 5.92. The van der Waals surface area contributed by atoms with Crippen molar-refractivity contribution in [3.63, 3.8) is 0 Å². The number of nitrogens with one attached hydrogen (secondary N) is 1. The largest absolute Gasteiger partial charge is 0.484 e. The maximum Gasteiger partial charge on any atom is 0.262 e. The summed E-state index contributed by atoms with van der Waals surface area (Å²) in [4.78, 5) is 16.7. The number of amides is 1. The van der Waals surface area contributed by atoms with Crippen LogP contribution in [0.3, 0.4) is 0 Å². The van der Waals surface area contributed by atoms with E-state index in [9.17, 15) is 4.79 Å². The predicted octanol–water partition coefficient (Wildman–Crippen LogP) is 5.59. The van der Waals surface area contributed by atoms with E-state index >= 15 is 0 Å². The molecule has 3 aromatic carbocycles. The second kappa shape index (κ2) is 9.09. The maximum atomic E-state index is 12.2. The van der Waals surface area contributed by atoms with Gasteiger partial charge in [-0.05, 0) is 48.4 Å². The third kappa shape index (κ3) is 4.75. The number of oxazole rings is 1. The molecule has 1 aromatic heterocycles. The van der Waals surface area contributed by atoms with Crippen molar-refractivity contribution in [3.05, 3.63) is 90.7 Å². The molecule has 150 valence electrons. The minimum atomic E-state index is -0.218. The third-order valence-electron chi connectivity index (χ3n) is 4.69. The van der Waals surface area contributed by atoms with E-state index in [1.165, 1.54) is 5.56 Å². The molecule has 30 heavy (non-hydrogen) atoms. The number of benzene rings is 3. The Morgan fingerprint density at radius 1 is 0.933 bits per heavy atom. The first-order valence-corrected chi connectivity index (χ1v) is 9.84. The molecule has 1 N–H and O–H groups in total. The average Bonchev–Trinajstić information content (AvgIpc) is 3.29. The number of anilines is 1. The second-order valence-electron chi connectivity index (χ2n) is 6.82. The van der Waals surface area contributed by atoms with Gasteiger partial charge in [-0.3, -0.25) is 4.79 Å². The van der Waals surface area contributed by atoms with Crippen LogP contribution in [0.1, 0.15) is 12.5 Å². The van der Waals surface area contributed by atoms with E-state index < -0.39 is 0 Å². The minimum absolute atomic E-state index is 0.0482. The molecule has 0 spiro atoms. The number of aryl methyl sites for hydroxylation is 1. The summed E-state index contributed by atoms with van der Waals surface area (Å²) in [6, 6.07) is 25.0. The van der Waals surface area contributed by atoms with Gasteiger partial charge in [-0.1, -0.05) is 49.4 Å². The summed E-state index contributed by atoms with van der Waals surface area (Å²) in [5, 5.41) is 2.83. The molecule has 0 aliphatic carbocycles. The van der Waals surface area contributed by atoms with Gasteiger partial charge in [0.1, 0.15) is 17.7 Å². The number of hydrogen-bond donors (Lipinski definition) is 1. The Morgan fingerprint density at radius 2 is 1.67 bits per heavy atom. The van der Waals surface area contributed by atoms with Crippen molar-refractivity contribution >= 4 is 11.6 Å². The van der Waals surface area contributed by atoms with Crippen molar-refractivity contribution in [2.75, 3.05) is 11.9 Å². The van der Waals surface area contributed by atoms with Crippen LogP contribution in [-0.2, 0) is 11.2 Å². The lowest BCUT2D eigenvalue weighted by Gasteiger charge is -2.08. The zero-order chi connectivity index (χ0) is 20.8. The first-order valence-electron chi connectivity index (χ1n) is 9.84. The smallest absolute Gasteiger partial charge is 0.262 e. The summed E-state index contributed by atoms with van der Waals surface area (Å²) in [5.41, 5.74) is 4.53. The van der Waals surface area contributed by atoms with Gasteiger partial charge in [0.2, 0.25) is 5.89 Å². The molecule has 0 saturated heterocycles. The highest BCUT2D eigenvalue weighted by Crippen LogP contribution is 2.25. The minimum Gasteiger partial charge on any atom is -0.484 e. The van der Waals surface area contributed by atoms with Gasteiger partial charge >= 0.3 is 0 Å². The van der Waals surface area contributed by atoms with E-state index in [4.69, 9.17) is 9.15 Å². The zero-order valence-electron chi connectivity index (χ0n) is 16.7. The van der Waals surface area contributed by atoms with Gasteiger partial charge in [0.15, 0.2) is 6.61 Å². The molecule has 0 bridgehead atoms. The summed E-state index contributed by atoms with van der Waals surface area (Å²) < 4.78 is 11.2. The molecule has 0 atom stereocenters. The summed E-state index contributed by atoms with van der Waals surface area (Å²) in [6.45, 7) is 2.05. The molecule has 5 heteroatoms. The quantitative estimate of drug-likeness (QED) is 0.441. The lowest BCUT2D eigenvalue weighted by Crippen LogP contribution is -2.20. The van der Waals surface area contributed by atoms with E-state index in [0.717, 1.165) is 23.2 Å². The molecule has 0 fully saturated rings. The Labute approximate surface area is 175 Å². The number of carbonyl (C=O) groups excluding carboxylic acids is 1. The van der Waals surface area contributed by atoms with Crippen LogP contribution in [0.4, 0.5) is 5.69 Å². The fraction of sp³-hybridized carbons (Fsp3) is 0.120. The third-order valence-corrected chi connectivity index (χ3v) is 4.69. The Morgan fingerprint density at radius 3 is 2.37 bits per heavy atom. The van der Waals surface area contributed by atoms with E-state index in [2.05, 4.69) is 17.2 Å². The van der Waals surface area contributed by atoms with E-state index in [1.54, 1.807) is 6.26 Å². The lowest BCUT2D eigenvalue weighted by molar-refractivity contribution is -0.118. The Hall–Kier alpha value is -3.86. The van der Waals surface area contributed by atoms with Crippen molar-refractivity contribution in [1.29, 1.82) is 0 Å². The van der Waals surface area contributed by atoms with Gasteiger partial charge in [0.05, 0.1) is 0 Å².